The van der Waals surface area contributed by atoms with E-state index >= 15 is 0 Å². The average Bonchev–Trinajstić information content (AvgIpc) is 3.43. The fourth-order valence-corrected chi connectivity index (χ4v) is 4.48. The number of rotatable bonds is 6. The third-order valence-corrected chi connectivity index (χ3v) is 6.40. The maximum Gasteiger partial charge on any atom is 0.410 e. The molecule has 35 heavy (non-hydrogen) atoms. The summed E-state index contributed by atoms with van der Waals surface area (Å²) < 4.78 is 27.2. The van der Waals surface area contributed by atoms with Crippen LogP contribution in [-0.4, -0.2) is 57.0 Å². The first kappa shape index (κ1) is 23.1. The van der Waals surface area contributed by atoms with E-state index in [1.165, 1.54) is 12.1 Å². The maximum atomic E-state index is 14.1. The molecule has 1 N–H and O–H groups in total. The molecule has 2 amide bonds. The molecule has 2 fully saturated rings. The highest BCUT2D eigenvalue weighted by Crippen LogP contribution is 2.33. The number of amides is 2. The van der Waals surface area contributed by atoms with Crippen molar-refractivity contribution in [3.8, 4) is 16.9 Å². The van der Waals surface area contributed by atoms with E-state index in [-0.39, 0.29) is 35.5 Å². The van der Waals surface area contributed by atoms with Crippen LogP contribution >= 0.6 is 11.6 Å². The van der Waals surface area contributed by atoms with Crippen LogP contribution in [0.4, 0.5) is 9.18 Å². The van der Waals surface area contributed by atoms with Crippen LogP contribution in [0.2, 0.25) is 5.02 Å². The summed E-state index contributed by atoms with van der Waals surface area (Å²) in [5.74, 6) is -0.478. The van der Waals surface area contributed by atoms with E-state index in [0.29, 0.717) is 42.9 Å². The smallest absolute Gasteiger partial charge is 0.410 e. The predicted octanol–water partition coefficient (Wildman–Crippen LogP) is 3.57. The van der Waals surface area contributed by atoms with Gasteiger partial charge in [-0.15, -0.1) is 0 Å². The molecule has 2 aromatic heterocycles. The second-order valence-electron chi connectivity index (χ2n) is 8.58. The number of benzene rings is 1. The number of aromatic nitrogens is 3. The molecule has 0 radical (unpaired) electrons. The van der Waals surface area contributed by atoms with Gasteiger partial charge in [0.2, 0.25) is 0 Å². The lowest BCUT2D eigenvalue weighted by atomic mass is 10.0. The number of fused-ring (bicyclic) bond motifs is 1. The number of halogens is 2. The van der Waals surface area contributed by atoms with Gasteiger partial charge in [-0.1, -0.05) is 17.7 Å². The van der Waals surface area contributed by atoms with Gasteiger partial charge in [-0.3, -0.25) is 14.5 Å². The van der Waals surface area contributed by atoms with E-state index in [1.54, 1.807) is 34.1 Å². The van der Waals surface area contributed by atoms with Gasteiger partial charge < -0.3 is 19.7 Å². The third-order valence-electron chi connectivity index (χ3n) is 6.16. The normalized spacial score (nSPS) is 19.3. The minimum Gasteiger partial charge on any atom is -0.489 e. The van der Waals surface area contributed by atoms with Gasteiger partial charge in [-0.25, -0.2) is 9.18 Å². The lowest BCUT2D eigenvalue weighted by molar-refractivity contribution is 0.0915. The number of hydrogen-bond acceptors (Lipinski definition) is 6. The first-order valence-electron chi connectivity index (χ1n) is 11.2. The van der Waals surface area contributed by atoms with E-state index in [0.717, 1.165) is 5.56 Å². The van der Waals surface area contributed by atoms with Gasteiger partial charge in [-0.05, 0) is 12.1 Å². The summed E-state index contributed by atoms with van der Waals surface area (Å²) in [6.45, 7) is 0.874. The molecule has 3 aromatic rings. The molecule has 2 aliphatic heterocycles. The molecule has 0 saturated carbocycles. The van der Waals surface area contributed by atoms with Gasteiger partial charge in [0, 0.05) is 73.2 Å². The lowest BCUT2D eigenvalue weighted by Crippen LogP contribution is -2.44. The van der Waals surface area contributed by atoms with E-state index in [1.807, 2.05) is 13.2 Å². The molecule has 0 aliphatic carbocycles. The highest BCUT2D eigenvalue weighted by atomic mass is 35.5. The molecule has 11 heteroatoms. The quantitative estimate of drug-likeness (QED) is 0.557. The van der Waals surface area contributed by atoms with Crippen LogP contribution in [0.3, 0.4) is 0 Å². The van der Waals surface area contributed by atoms with E-state index in [4.69, 9.17) is 21.1 Å². The summed E-state index contributed by atoms with van der Waals surface area (Å²) in [4.78, 5) is 30.7. The molecule has 2 atom stereocenters. The Bertz CT molecular complexity index is 1280. The summed E-state index contributed by atoms with van der Waals surface area (Å²) in [6, 6.07) is 5.84. The molecule has 2 saturated heterocycles. The average molecular weight is 500 g/mol. The Morgan fingerprint density at radius 2 is 2.20 bits per heavy atom. The number of piperidine rings is 1. The largest absolute Gasteiger partial charge is 0.489 e. The first-order chi connectivity index (χ1) is 16.9. The number of cyclic esters (lactones) is 1. The van der Waals surface area contributed by atoms with Crippen molar-refractivity contribution in [3.63, 3.8) is 0 Å². The van der Waals surface area contributed by atoms with Crippen molar-refractivity contribution in [3.05, 3.63) is 65.0 Å². The van der Waals surface area contributed by atoms with Crippen LogP contribution < -0.4 is 10.1 Å². The zero-order chi connectivity index (χ0) is 24.5. The standard InChI is InChI=1S/C24H23ClFN5O4/c1-30-12-15(10-29-30)19-11-27-21(23(32)28-9-14-2-3-16(25)6-20(14)26)8-22(19)35-18-4-5-31-17(7-18)13-34-24(31)33/h2-3,6,8,10-12,17-18H,4-5,7,9,13H2,1H3,(H,28,32)/t17-,18-/m0/s1. The van der Waals surface area contributed by atoms with Gasteiger partial charge in [0.05, 0.1) is 12.2 Å². The number of ether oxygens (including phenoxy) is 2. The van der Waals surface area contributed by atoms with Crippen LogP contribution in [0.25, 0.3) is 11.1 Å². The maximum absolute atomic E-state index is 14.1. The van der Waals surface area contributed by atoms with E-state index in [2.05, 4.69) is 15.4 Å². The Labute approximate surface area is 205 Å². The number of aryl methyl sites for hydroxylation is 1. The Hall–Kier alpha value is -3.66. The fraction of sp³-hybridized carbons (Fsp3) is 0.333. The van der Waals surface area contributed by atoms with Crippen LogP contribution in [0, 0.1) is 5.82 Å². The molecule has 182 valence electrons. The van der Waals surface area contributed by atoms with Gasteiger partial charge in [-0.2, -0.15) is 5.10 Å². The van der Waals surface area contributed by atoms with Crippen molar-refractivity contribution >= 4 is 23.6 Å². The van der Waals surface area contributed by atoms with Gasteiger partial charge in [0.15, 0.2) is 0 Å². The molecule has 5 rings (SSSR count). The summed E-state index contributed by atoms with van der Waals surface area (Å²) in [6.07, 6.45) is 5.90. The SMILES string of the molecule is Cn1cc(-c2cnc(C(=O)NCc3ccc(Cl)cc3F)cc2O[C@H]2CCN3C(=O)OC[C@@H]3C2)cn1. The lowest BCUT2D eigenvalue weighted by Gasteiger charge is -2.32. The first-order valence-corrected chi connectivity index (χ1v) is 11.6. The van der Waals surface area contributed by atoms with Crippen LogP contribution in [-0.2, 0) is 18.3 Å². The van der Waals surface area contributed by atoms with Crippen LogP contribution in [0.15, 0.2) is 42.9 Å². The summed E-state index contributed by atoms with van der Waals surface area (Å²) in [7, 11) is 1.81. The minimum absolute atomic E-state index is 0.0156. The van der Waals surface area contributed by atoms with E-state index < -0.39 is 11.7 Å². The molecule has 4 heterocycles. The Morgan fingerprint density at radius 3 is 2.97 bits per heavy atom. The van der Waals surface area contributed by atoms with Crippen molar-refractivity contribution in [2.75, 3.05) is 13.2 Å². The number of nitrogens with zero attached hydrogens (tertiary/aromatic N) is 4. The zero-order valence-corrected chi connectivity index (χ0v) is 19.7. The number of carbonyl (C=O) groups is 2. The van der Waals surface area contributed by atoms with Gasteiger partial charge in [0.25, 0.3) is 5.91 Å². The van der Waals surface area contributed by atoms with Crippen molar-refractivity contribution in [2.45, 2.75) is 31.5 Å². The van der Waals surface area contributed by atoms with Crippen molar-refractivity contribution in [1.29, 1.82) is 0 Å². The minimum atomic E-state index is -0.498. The van der Waals surface area contributed by atoms with Gasteiger partial charge in [0.1, 0.15) is 30.0 Å². The second kappa shape index (κ2) is 9.53. The highest BCUT2D eigenvalue weighted by molar-refractivity contribution is 6.30. The van der Waals surface area contributed by atoms with Crippen molar-refractivity contribution in [2.24, 2.45) is 7.05 Å². The summed E-state index contributed by atoms with van der Waals surface area (Å²) >= 11 is 5.79. The van der Waals surface area contributed by atoms with E-state index in [9.17, 15) is 14.0 Å². The topological polar surface area (TPSA) is 98.6 Å². The molecule has 0 bridgehead atoms. The highest BCUT2D eigenvalue weighted by Gasteiger charge is 2.39. The Balaban J connectivity index is 1.36. The monoisotopic (exact) mass is 499 g/mol. The molecule has 2 aliphatic rings. The molecule has 0 unspecified atom stereocenters. The molecule has 1 aromatic carbocycles. The summed E-state index contributed by atoms with van der Waals surface area (Å²) in [5.41, 5.74) is 1.94. The van der Waals surface area contributed by atoms with Crippen LogP contribution in [0.5, 0.6) is 5.75 Å². The Kier molecular flexibility index (Phi) is 6.29. The number of hydrogen-bond donors (Lipinski definition) is 1. The second-order valence-corrected chi connectivity index (χ2v) is 9.01. The van der Waals surface area contributed by atoms with Crippen molar-refractivity contribution in [1.82, 2.24) is 25.0 Å². The molecular formula is C24H23ClFN5O4. The Morgan fingerprint density at radius 1 is 1.34 bits per heavy atom. The number of carbonyl (C=O) groups excluding carboxylic acids is 2. The van der Waals surface area contributed by atoms with Gasteiger partial charge >= 0.3 is 6.09 Å². The fourth-order valence-electron chi connectivity index (χ4n) is 4.32. The third kappa shape index (κ3) is 4.93. The molecule has 9 nitrogen and oxygen atoms in total. The molecular weight excluding hydrogens is 477 g/mol. The predicted molar refractivity (Wildman–Crippen MR) is 125 cm³/mol. The van der Waals surface area contributed by atoms with Crippen LogP contribution in [0.1, 0.15) is 28.9 Å². The zero-order valence-electron chi connectivity index (χ0n) is 18.9. The summed E-state index contributed by atoms with van der Waals surface area (Å²) in [5, 5.41) is 7.19. The molecule has 0 spiro atoms. The van der Waals surface area contributed by atoms with Crippen molar-refractivity contribution < 1.29 is 23.5 Å². The number of pyridine rings is 1. The number of nitrogens with one attached hydrogen (secondary N) is 1.